The molecule has 1 atom stereocenters. The summed E-state index contributed by atoms with van der Waals surface area (Å²) < 4.78 is 6.06. The molecule has 0 bridgehead atoms. The normalized spacial score (nSPS) is 18.4. The van der Waals surface area contributed by atoms with E-state index in [1.165, 1.54) is 0 Å². The van der Waals surface area contributed by atoms with Gasteiger partial charge in [0.2, 0.25) is 0 Å². The molecule has 110 valence electrons. The SMILES string of the molecule is CC(C)(C)OC1C(=C=O)C=CC=C1c1ccc(CN)cc1. The molecule has 0 aromatic heterocycles. The summed E-state index contributed by atoms with van der Waals surface area (Å²) in [5.41, 5.74) is 8.86. The monoisotopic (exact) mass is 283 g/mol. The Morgan fingerprint density at radius 1 is 1.24 bits per heavy atom. The number of carbonyl (C=O) groups excluding carboxylic acids is 1. The number of hydrogen-bond donors (Lipinski definition) is 1. The van der Waals surface area contributed by atoms with Gasteiger partial charge in [-0.1, -0.05) is 36.4 Å². The lowest BCUT2D eigenvalue weighted by Gasteiger charge is -2.30. The number of benzene rings is 1. The Kier molecular flexibility index (Phi) is 4.59. The van der Waals surface area contributed by atoms with E-state index in [2.05, 4.69) is 0 Å². The van der Waals surface area contributed by atoms with Crippen LogP contribution in [0.5, 0.6) is 0 Å². The summed E-state index contributed by atoms with van der Waals surface area (Å²) in [5.74, 6) is 1.99. The zero-order chi connectivity index (χ0) is 15.5. The highest BCUT2D eigenvalue weighted by atomic mass is 16.5. The van der Waals surface area contributed by atoms with E-state index in [9.17, 15) is 4.79 Å². The molecule has 0 fully saturated rings. The summed E-state index contributed by atoms with van der Waals surface area (Å²) in [7, 11) is 0. The van der Waals surface area contributed by atoms with Gasteiger partial charge in [-0.15, -0.1) is 0 Å². The molecule has 0 aliphatic heterocycles. The molecule has 0 saturated carbocycles. The van der Waals surface area contributed by atoms with Crippen LogP contribution in [0.25, 0.3) is 5.57 Å². The van der Waals surface area contributed by atoms with Gasteiger partial charge in [0.15, 0.2) is 0 Å². The minimum Gasteiger partial charge on any atom is -0.362 e. The van der Waals surface area contributed by atoms with Gasteiger partial charge in [-0.2, -0.15) is 0 Å². The Morgan fingerprint density at radius 2 is 1.90 bits per heavy atom. The molecule has 0 radical (unpaired) electrons. The van der Waals surface area contributed by atoms with Crippen LogP contribution in [0.4, 0.5) is 0 Å². The van der Waals surface area contributed by atoms with Crippen LogP contribution in [0.15, 0.2) is 48.1 Å². The summed E-state index contributed by atoms with van der Waals surface area (Å²) in [5, 5.41) is 0. The van der Waals surface area contributed by atoms with E-state index in [0.717, 1.165) is 16.7 Å². The first-order valence-electron chi connectivity index (χ1n) is 7.05. The molecule has 2 N–H and O–H groups in total. The second kappa shape index (κ2) is 6.23. The van der Waals surface area contributed by atoms with E-state index in [-0.39, 0.29) is 5.60 Å². The number of hydrogen-bond acceptors (Lipinski definition) is 3. The predicted octanol–water partition coefficient (Wildman–Crippen LogP) is 3.04. The van der Waals surface area contributed by atoms with Crippen molar-refractivity contribution >= 4 is 11.5 Å². The van der Waals surface area contributed by atoms with Crippen LogP contribution in [-0.4, -0.2) is 17.6 Å². The van der Waals surface area contributed by atoms with Crippen molar-refractivity contribution in [2.45, 2.75) is 39.0 Å². The fourth-order valence-electron chi connectivity index (χ4n) is 2.25. The van der Waals surface area contributed by atoms with Crippen molar-refractivity contribution in [3.8, 4) is 0 Å². The average Bonchev–Trinajstić information content (AvgIpc) is 2.46. The molecule has 3 nitrogen and oxygen atoms in total. The smallest absolute Gasteiger partial charge is 0.131 e. The zero-order valence-corrected chi connectivity index (χ0v) is 12.7. The molecule has 0 heterocycles. The molecule has 1 aromatic carbocycles. The Labute approximate surface area is 125 Å². The minimum absolute atomic E-state index is 0.353. The highest BCUT2D eigenvalue weighted by Crippen LogP contribution is 2.32. The summed E-state index contributed by atoms with van der Waals surface area (Å²) in [6, 6.07) is 8.00. The molecule has 1 aliphatic carbocycles. The molecular formula is C18H21NO2. The second-order valence-corrected chi connectivity index (χ2v) is 6.05. The summed E-state index contributed by atoms with van der Waals surface area (Å²) in [4.78, 5) is 11.2. The van der Waals surface area contributed by atoms with Crippen molar-refractivity contribution < 1.29 is 9.53 Å². The largest absolute Gasteiger partial charge is 0.362 e. The molecule has 1 aliphatic rings. The zero-order valence-electron chi connectivity index (χ0n) is 12.7. The average molecular weight is 283 g/mol. The van der Waals surface area contributed by atoms with E-state index < -0.39 is 6.10 Å². The van der Waals surface area contributed by atoms with Gasteiger partial charge in [-0.3, -0.25) is 0 Å². The van der Waals surface area contributed by atoms with Crippen molar-refractivity contribution in [3.05, 3.63) is 59.2 Å². The van der Waals surface area contributed by atoms with Crippen LogP contribution < -0.4 is 5.73 Å². The first-order chi connectivity index (χ1) is 9.94. The molecule has 1 aromatic rings. The van der Waals surface area contributed by atoms with Crippen molar-refractivity contribution in [3.63, 3.8) is 0 Å². The van der Waals surface area contributed by atoms with Crippen molar-refractivity contribution in [1.82, 2.24) is 0 Å². The second-order valence-electron chi connectivity index (χ2n) is 6.05. The highest BCUT2D eigenvalue weighted by molar-refractivity contribution is 5.80. The van der Waals surface area contributed by atoms with Crippen molar-refractivity contribution in [1.29, 1.82) is 0 Å². The third kappa shape index (κ3) is 3.79. The first-order valence-corrected chi connectivity index (χ1v) is 7.05. The molecule has 0 spiro atoms. The van der Waals surface area contributed by atoms with E-state index >= 15 is 0 Å². The van der Waals surface area contributed by atoms with Gasteiger partial charge < -0.3 is 10.5 Å². The molecule has 0 amide bonds. The lowest BCUT2D eigenvalue weighted by atomic mass is 9.90. The van der Waals surface area contributed by atoms with Gasteiger partial charge in [-0.25, -0.2) is 4.79 Å². The standard InChI is InChI=1S/C18H21NO2/c1-18(2,3)21-17-15(12-20)5-4-6-16(17)14-9-7-13(11-19)8-10-14/h4-10,17H,11,19H2,1-3H3. The molecule has 21 heavy (non-hydrogen) atoms. The van der Waals surface area contributed by atoms with Crippen LogP contribution in [-0.2, 0) is 16.1 Å². The maximum absolute atomic E-state index is 11.2. The Balaban J connectivity index is 2.39. The van der Waals surface area contributed by atoms with Gasteiger partial charge >= 0.3 is 0 Å². The first kappa shape index (κ1) is 15.5. The number of ether oxygens (including phenoxy) is 1. The van der Waals surface area contributed by atoms with Crippen molar-refractivity contribution in [2.75, 3.05) is 0 Å². The van der Waals surface area contributed by atoms with Crippen LogP contribution in [0.3, 0.4) is 0 Å². The fourth-order valence-corrected chi connectivity index (χ4v) is 2.25. The Bertz CT molecular complexity index is 612. The maximum atomic E-state index is 11.2. The van der Waals surface area contributed by atoms with Gasteiger partial charge in [0, 0.05) is 6.54 Å². The number of nitrogens with two attached hydrogens (primary N) is 1. The predicted molar refractivity (Wildman–Crippen MR) is 85.3 cm³/mol. The highest BCUT2D eigenvalue weighted by Gasteiger charge is 2.27. The van der Waals surface area contributed by atoms with Gasteiger partial charge in [0.05, 0.1) is 11.2 Å². The van der Waals surface area contributed by atoms with E-state index in [1.807, 2.05) is 63.1 Å². The molecule has 3 heteroatoms. The molecule has 1 unspecified atom stereocenters. The summed E-state index contributed by atoms with van der Waals surface area (Å²) >= 11 is 0. The lowest BCUT2D eigenvalue weighted by molar-refractivity contribution is -0.0168. The lowest BCUT2D eigenvalue weighted by Crippen LogP contribution is -2.30. The van der Waals surface area contributed by atoms with Crippen LogP contribution >= 0.6 is 0 Å². The molecular weight excluding hydrogens is 262 g/mol. The van der Waals surface area contributed by atoms with Crippen molar-refractivity contribution in [2.24, 2.45) is 5.73 Å². The topological polar surface area (TPSA) is 52.3 Å². The van der Waals surface area contributed by atoms with Crippen LogP contribution in [0.1, 0.15) is 31.9 Å². The van der Waals surface area contributed by atoms with Gasteiger partial charge in [0.1, 0.15) is 12.0 Å². The molecule has 0 saturated heterocycles. The Morgan fingerprint density at radius 3 is 2.43 bits per heavy atom. The molecule has 2 rings (SSSR count). The fraction of sp³-hybridized carbons (Fsp3) is 0.333. The van der Waals surface area contributed by atoms with Crippen LogP contribution in [0, 0.1) is 0 Å². The van der Waals surface area contributed by atoms with Gasteiger partial charge in [-0.05, 0) is 43.5 Å². The summed E-state index contributed by atoms with van der Waals surface area (Å²) in [6.07, 6.45) is 5.20. The third-order valence-corrected chi connectivity index (χ3v) is 3.23. The number of rotatable bonds is 3. The quantitative estimate of drug-likeness (QED) is 0.867. The van der Waals surface area contributed by atoms with E-state index in [4.69, 9.17) is 10.5 Å². The number of allylic oxidation sites excluding steroid dienone is 2. The van der Waals surface area contributed by atoms with Crippen LogP contribution in [0.2, 0.25) is 0 Å². The van der Waals surface area contributed by atoms with E-state index in [1.54, 1.807) is 6.08 Å². The van der Waals surface area contributed by atoms with Gasteiger partial charge in [0.25, 0.3) is 0 Å². The third-order valence-electron chi connectivity index (χ3n) is 3.23. The summed E-state index contributed by atoms with van der Waals surface area (Å²) in [6.45, 7) is 6.44. The van der Waals surface area contributed by atoms with E-state index in [0.29, 0.717) is 12.1 Å². The Hall–Kier alpha value is -1.93. The minimum atomic E-state index is -0.392. The maximum Gasteiger partial charge on any atom is 0.131 e.